The van der Waals surface area contributed by atoms with Crippen LogP contribution in [-0.2, 0) is 19.2 Å². The van der Waals surface area contributed by atoms with Crippen molar-refractivity contribution in [3.8, 4) is 0 Å². The average Bonchev–Trinajstić information content (AvgIpc) is 2.84. The van der Waals surface area contributed by atoms with Gasteiger partial charge in [0.1, 0.15) is 4.90 Å². The van der Waals surface area contributed by atoms with Gasteiger partial charge in [-0.15, -0.1) is 0 Å². The van der Waals surface area contributed by atoms with E-state index in [1.165, 1.54) is 12.1 Å². The highest BCUT2D eigenvalue weighted by atomic mass is 35.5. The molecule has 7 heteroatoms. The van der Waals surface area contributed by atoms with Crippen molar-refractivity contribution in [1.29, 1.82) is 0 Å². The van der Waals surface area contributed by atoms with Gasteiger partial charge in [0.15, 0.2) is 0 Å². The SMILES string of the molecule is CC(C)(C)c1ccc(S(OS(=O)(=O)c2cc(Cl)ccc2Cl)(c2ccccc2)c2ccccc2)cc1. The van der Waals surface area contributed by atoms with Gasteiger partial charge < -0.3 is 0 Å². The van der Waals surface area contributed by atoms with Crippen molar-refractivity contribution in [2.24, 2.45) is 0 Å². The second-order valence-corrected chi connectivity index (χ2v) is 14.3. The number of hydrogen-bond acceptors (Lipinski definition) is 3. The van der Waals surface area contributed by atoms with Crippen LogP contribution in [0.15, 0.2) is 123 Å². The third kappa shape index (κ3) is 5.30. The summed E-state index contributed by atoms with van der Waals surface area (Å²) in [6.45, 7) is 6.41. The molecule has 0 unspecified atom stereocenters. The monoisotopic (exact) mass is 544 g/mol. The van der Waals surface area contributed by atoms with E-state index in [9.17, 15) is 8.42 Å². The van der Waals surface area contributed by atoms with Crippen LogP contribution in [0.5, 0.6) is 0 Å². The lowest BCUT2D eigenvalue weighted by Gasteiger charge is -2.39. The first kappa shape index (κ1) is 25.8. The molecule has 4 rings (SSSR count). The summed E-state index contributed by atoms with van der Waals surface area (Å²) in [5.74, 6) is 0. The Hall–Kier alpha value is -2.28. The summed E-state index contributed by atoms with van der Waals surface area (Å²) < 4.78 is 34.0. The quantitative estimate of drug-likeness (QED) is 0.243. The van der Waals surface area contributed by atoms with Crippen molar-refractivity contribution >= 4 is 43.6 Å². The fourth-order valence-corrected chi connectivity index (χ4v) is 9.68. The molecule has 182 valence electrons. The Morgan fingerprint density at radius 2 is 1.14 bits per heavy atom. The summed E-state index contributed by atoms with van der Waals surface area (Å²) in [4.78, 5) is 2.08. The van der Waals surface area contributed by atoms with Gasteiger partial charge >= 0.3 is 10.1 Å². The molecule has 0 heterocycles. The Labute approximate surface area is 219 Å². The molecule has 0 saturated carbocycles. The molecule has 0 radical (unpaired) electrons. The van der Waals surface area contributed by atoms with E-state index in [0.29, 0.717) is 0 Å². The maximum atomic E-state index is 13.8. The molecule has 0 aliphatic heterocycles. The fraction of sp³-hybridized carbons (Fsp3) is 0.143. The lowest BCUT2D eigenvalue weighted by Crippen LogP contribution is -2.16. The molecule has 0 aliphatic carbocycles. The van der Waals surface area contributed by atoms with Gasteiger partial charge in [0.05, 0.1) is 5.02 Å². The van der Waals surface area contributed by atoms with Crippen LogP contribution in [0.3, 0.4) is 0 Å². The predicted molar refractivity (Wildman–Crippen MR) is 145 cm³/mol. The first-order chi connectivity index (χ1) is 16.5. The van der Waals surface area contributed by atoms with Gasteiger partial charge in [-0.1, -0.05) is 92.5 Å². The molecule has 0 bridgehead atoms. The summed E-state index contributed by atoms with van der Waals surface area (Å²) in [7, 11) is -7.05. The molecule has 0 N–H and O–H groups in total. The third-order valence-corrected chi connectivity index (χ3v) is 11.5. The van der Waals surface area contributed by atoms with Gasteiger partial charge in [0.2, 0.25) is 0 Å². The second-order valence-electron chi connectivity index (χ2n) is 9.05. The molecule has 0 amide bonds. The van der Waals surface area contributed by atoms with Crippen LogP contribution in [-0.4, -0.2) is 8.42 Å². The summed E-state index contributed by atoms with van der Waals surface area (Å²) in [5, 5.41) is 0.304. The van der Waals surface area contributed by atoms with E-state index in [4.69, 9.17) is 26.8 Å². The Morgan fingerprint density at radius 1 is 0.657 bits per heavy atom. The molecule has 0 saturated heterocycles. The van der Waals surface area contributed by atoms with E-state index in [0.717, 1.165) is 20.2 Å². The third-order valence-electron chi connectivity index (χ3n) is 5.56. The molecular weight excluding hydrogens is 519 g/mol. The molecule has 0 aliphatic rings. The zero-order chi connectivity index (χ0) is 25.3. The van der Waals surface area contributed by atoms with Crippen molar-refractivity contribution < 1.29 is 12.0 Å². The number of halogens is 2. The van der Waals surface area contributed by atoms with Crippen LogP contribution in [0, 0.1) is 0 Å². The zero-order valence-corrected chi connectivity index (χ0v) is 22.8. The predicted octanol–water partition coefficient (Wildman–Crippen LogP) is 8.89. The number of rotatable bonds is 6. The fourth-order valence-electron chi connectivity index (χ4n) is 3.74. The van der Waals surface area contributed by atoms with Gasteiger partial charge in [-0.2, -0.15) is 8.42 Å². The van der Waals surface area contributed by atoms with Crippen molar-refractivity contribution in [3.05, 3.63) is 119 Å². The van der Waals surface area contributed by atoms with Gasteiger partial charge in [-0.05, 0) is 75.9 Å². The van der Waals surface area contributed by atoms with Gasteiger partial charge in [0, 0.05) is 19.7 Å². The molecule has 0 fully saturated rings. The highest BCUT2D eigenvalue weighted by Crippen LogP contribution is 2.70. The minimum atomic E-state index is -4.33. The molecule has 0 spiro atoms. The minimum absolute atomic E-state index is 0.0481. The molecule has 4 aromatic carbocycles. The standard InChI is InChI=1S/C28H26Cl2O3S2/c1-28(2,3)21-14-17-25(18-15-21)34(23-10-6-4-7-11-23,24-12-8-5-9-13-24)33-35(31,32)27-20-22(29)16-19-26(27)30/h4-20H,1-3H3. The summed E-state index contributed by atoms with van der Waals surface area (Å²) in [6, 6.07) is 31.2. The largest absolute Gasteiger partial charge is 0.308 e. The topological polar surface area (TPSA) is 43.4 Å². The Morgan fingerprint density at radius 3 is 1.63 bits per heavy atom. The Balaban J connectivity index is 2.02. The molecule has 3 nitrogen and oxygen atoms in total. The van der Waals surface area contributed by atoms with E-state index < -0.39 is 20.4 Å². The summed E-state index contributed by atoms with van der Waals surface area (Å²) in [6.07, 6.45) is 0. The van der Waals surface area contributed by atoms with Crippen LogP contribution in [0.2, 0.25) is 10.0 Å². The molecule has 4 aromatic rings. The lowest BCUT2D eigenvalue weighted by molar-refractivity contribution is 0.508. The summed E-state index contributed by atoms with van der Waals surface area (Å²) in [5.41, 5.74) is 1.08. The van der Waals surface area contributed by atoms with Gasteiger partial charge in [-0.3, -0.25) is 0 Å². The van der Waals surface area contributed by atoms with Gasteiger partial charge in [-0.25, -0.2) is 3.63 Å². The van der Waals surface area contributed by atoms with Crippen molar-refractivity contribution in [2.45, 2.75) is 45.8 Å². The van der Waals surface area contributed by atoms with Crippen LogP contribution in [0.25, 0.3) is 0 Å². The highest BCUT2D eigenvalue weighted by Gasteiger charge is 2.39. The van der Waals surface area contributed by atoms with Crippen LogP contribution in [0.4, 0.5) is 0 Å². The average molecular weight is 546 g/mol. The minimum Gasteiger partial charge on any atom is -0.203 e. The molecule has 35 heavy (non-hydrogen) atoms. The maximum absolute atomic E-state index is 13.8. The molecule has 0 aromatic heterocycles. The van der Waals surface area contributed by atoms with E-state index in [2.05, 4.69) is 20.8 Å². The highest BCUT2D eigenvalue weighted by molar-refractivity contribution is 8.33. The first-order valence-corrected chi connectivity index (χ1v) is 14.7. The smallest absolute Gasteiger partial charge is 0.203 e. The van der Waals surface area contributed by atoms with Crippen LogP contribution >= 0.6 is 33.5 Å². The molecule has 0 atom stereocenters. The maximum Gasteiger partial charge on any atom is 0.308 e. The summed E-state index contributed by atoms with van der Waals surface area (Å²) >= 11 is 12.4. The van der Waals surface area contributed by atoms with Crippen LogP contribution < -0.4 is 0 Å². The number of benzene rings is 4. The van der Waals surface area contributed by atoms with Crippen molar-refractivity contribution in [2.75, 3.05) is 0 Å². The van der Waals surface area contributed by atoms with E-state index in [-0.39, 0.29) is 20.4 Å². The zero-order valence-electron chi connectivity index (χ0n) is 19.6. The van der Waals surface area contributed by atoms with Crippen molar-refractivity contribution in [1.82, 2.24) is 0 Å². The first-order valence-electron chi connectivity index (χ1n) is 11.0. The van der Waals surface area contributed by atoms with Crippen LogP contribution in [0.1, 0.15) is 26.3 Å². The second kappa shape index (κ2) is 10.00. The van der Waals surface area contributed by atoms with Gasteiger partial charge in [0.25, 0.3) is 0 Å². The van der Waals surface area contributed by atoms with E-state index >= 15 is 0 Å². The Bertz CT molecular complexity index is 1380. The van der Waals surface area contributed by atoms with E-state index in [1.807, 2.05) is 84.9 Å². The normalized spacial score (nSPS) is 12.9. The Kier molecular flexibility index (Phi) is 7.37. The van der Waals surface area contributed by atoms with E-state index in [1.54, 1.807) is 6.07 Å². The lowest BCUT2D eigenvalue weighted by atomic mass is 9.87. The molecular formula is C28H26Cl2O3S2. The number of hydrogen-bond donors (Lipinski definition) is 0. The van der Waals surface area contributed by atoms with Crippen molar-refractivity contribution in [3.63, 3.8) is 0 Å².